The van der Waals surface area contributed by atoms with E-state index in [0.29, 0.717) is 16.9 Å². The van der Waals surface area contributed by atoms with Crippen molar-refractivity contribution in [3.05, 3.63) is 82.1 Å². The Bertz CT molecular complexity index is 1070. The standard InChI is InChI=1S/C22H21N3O3/c1-14-4-6-18(7-5-14)20-12-13-21(27)25(24-20)15(2)22(28)23-19-10-8-17(9-11-19)16(3)26/h4-13,15H,1-3H3,(H,23,28)/t15-/m0/s1. The fourth-order valence-electron chi connectivity index (χ4n) is 2.73. The highest BCUT2D eigenvalue weighted by Crippen LogP contribution is 2.17. The van der Waals surface area contributed by atoms with Gasteiger partial charge in [-0.05, 0) is 51.1 Å². The first kappa shape index (κ1) is 19.2. The summed E-state index contributed by atoms with van der Waals surface area (Å²) in [5.41, 5.74) is 3.36. The summed E-state index contributed by atoms with van der Waals surface area (Å²) in [6, 6.07) is 16.6. The third-order valence-electron chi connectivity index (χ3n) is 4.48. The van der Waals surface area contributed by atoms with Crippen molar-refractivity contribution in [3.8, 4) is 11.3 Å². The maximum Gasteiger partial charge on any atom is 0.267 e. The maximum atomic E-state index is 12.6. The van der Waals surface area contributed by atoms with Crippen molar-refractivity contribution >= 4 is 17.4 Å². The lowest BCUT2D eigenvalue weighted by molar-refractivity contribution is -0.119. The highest BCUT2D eigenvalue weighted by molar-refractivity contribution is 5.96. The molecule has 2 aromatic carbocycles. The van der Waals surface area contributed by atoms with Crippen LogP contribution in [0, 0.1) is 6.92 Å². The largest absolute Gasteiger partial charge is 0.324 e. The molecule has 0 spiro atoms. The van der Waals surface area contributed by atoms with Crippen molar-refractivity contribution in [1.29, 1.82) is 0 Å². The lowest BCUT2D eigenvalue weighted by Crippen LogP contribution is -2.33. The van der Waals surface area contributed by atoms with Crippen LogP contribution in [0.1, 0.15) is 35.8 Å². The molecule has 0 radical (unpaired) electrons. The van der Waals surface area contributed by atoms with Crippen LogP contribution in [0.4, 0.5) is 5.69 Å². The van der Waals surface area contributed by atoms with Gasteiger partial charge in [0.15, 0.2) is 5.78 Å². The van der Waals surface area contributed by atoms with Crippen molar-refractivity contribution in [3.63, 3.8) is 0 Å². The van der Waals surface area contributed by atoms with Crippen molar-refractivity contribution in [1.82, 2.24) is 9.78 Å². The second-order valence-corrected chi connectivity index (χ2v) is 6.67. The number of carbonyl (C=O) groups is 2. The van der Waals surface area contributed by atoms with Crippen LogP contribution >= 0.6 is 0 Å². The molecular weight excluding hydrogens is 354 g/mol. The Hall–Kier alpha value is -3.54. The monoisotopic (exact) mass is 375 g/mol. The quantitative estimate of drug-likeness (QED) is 0.691. The number of aryl methyl sites for hydroxylation is 1. The van der Waals surface area contributed by atoms with Gasteiger partial charge >= 0.3 is 0 Å². The molecular formula is C22H21N3O3. The molecule has 3 aromatic rings. The zero-order valence-corrected chi connectivity index (χ0v) is 16.0. The third-order valence-corrected chi connectivity index (χ3v) is 4.48. The van der Waals surface area contributed by atoms with Crippen LogP contribution < -0.4 is 10.9 Å². The summed E-state index contributed by atoms with van der Waals surface area (Å²) in [6.07, 6.45) is 0. The van der Waals surface area contributed by atoms with Crippen molar-refractivity contribution in [2.45, 2.75) is 26.8 Å². The Balaban J connectivity index is 1.82. The summed E-state index contributed by atoms with van der Waals surface area (Å²) in [6.45, 7) is 5.09. The summed E-state index contributed by atoms with van der Waals surface area (Å²) >= 11 is 0. The number of hydrogen-bond acceptors (Lipinski definition) is 4. The molecule has 0 aliphatic heterocycles. The summed E-state index contributed by atoms with van der Waals surface area (Å²) < 4.78 is 1.18. The van der Waals surface area contributed by atoms with Gasteiger partial charge in [-0.25, -0.2) is 4.68 Å². The van der Waals surface area contributed by atoms with Crippen molar-refractivity contribution in [2.24, 2.45) is 0 Å². The number of Topliss-reactive ketones (excluding diaryl/α,β-unsaturated/α-hetero) is 1. The van der Waals surface area contributed by atoms with Gasteiger partial charge in [-0.3, -0.25) is 14.4 Å². The van der Waals surface area contributed by atoms with Gasteiger partial charge in [0.05, 0.1) is 5.69 Å². The van der Waals surface area contributed by atoms with E-state index >= 15 is 0 Å². The Morgan fingerprint density at radius 3 is 2.21 bits per heavy atom. The van der Waals surface area contributed by atoms with Gasteiger partial charge in [0, 0.05) is 22.9 Å². The lowest BCUT2D eigenvalue weighted by atomic mass is 10.1. The van der Waals surface area contributed by atoms with E-state index in [0.717, 1.165) is 11.1 Å². The summed E-state index contributed by atoms with van der Waals surface area (Å²) in [5, 5.41) is 7.12. The molecule has 3 rings (SSSR count). The number of benzene rings is 2. The Morgan fingerprint density at radius 1 is 0.964 bits per heavy atom. The number of carbonyl (C=O) groups excluding carboxylic acids is 2. The van der Waals surface area contributed by atoms with E-state index in [-0.39, 0.29) is 17.2 Å². The van der Waals surface area contributed by atoms with E-state index < -0.39 is 6.04 Å². The topological polar surface area (TPSA) is 81.1 Å². The van der Waals surface area contributed by atoms with Gasteiger partial charge in [-0.15, -0.1) is 0 Å². The fourth-order valence-corrected chi connectivity index (χ4v) is 2.73. The molecule has 1 atom stereocenters. The van der Waals surface area contributed by atoms with Gasteiger partial charge in [-0.1, -0.05) is 29.8 Å². The van der Waals surface area contributed by atoms with Crippen LogP contribution in [-0.4, -0.2) is 21.5 Å². The predicted molar refractivity (Wildman–Crippen MR) is 108 cm³/mol. The summed E-state index contributed by atoms with van der Waals surface area (Å²) in [5.74, 6) is -0.416. The van der Waals surface area contributed by atoms with Gasteiger partial charge < -0.3 is 5.32 Å². The van der Waals surface area contributed by atoms with E-state index in [2.05, 4.69) is 10.4 Å². The second kappa shape index (κ2) is 8.00. The first-order valence-electron chi connectivity index (χ1n) is 8.94. The minimum Gasteiger partial charge on any atom is -0.324 e. The molecule has 142 valence electrons. The van der Waals surface area contributed by atoms with Gasteiger partial charge in [0.25, 0.3) is 5.56 Å². The van der Waals surface area contributed by atoms with Crippen LogP contribution in [-0.2, 0) is 4.79 Å². The molecule has 0 bridgehead atoms. The normalized spacial score (nSPS) is 11.7. The van der Waals surface area contributed by atoms with Crippen LogP contribution in [0.25, 0.3) is 11.3 Å². The molecule has 1 heterocycles. The number of ketones is 1. The van der Waals surface area contributed by atoms with Gasteiger partial charge in [0.2, 0.25) is 5.91 Å². The number of aromatic nitrogens is 2. The molecule has 0 aliphatic carbocycles. The first-order valence-corrected chi connectivity index (χ1v) is 8.94. The third kappa shape index (κ3) is 4.23. The number of hydrogen-bond donors (Lipinski definition) is 1. The first-order chi connectivity index (χ1) is 13.3. The number of rotatable bonds is 5. The SMILES string of the molecule is CC(=O)c1ccc(NC(=O)[C@H](C)n2nc(-c3ccc(C)cc3)ccc2=O)cc1. The molecule has 0 saturated heterocycles. The highest BCUT2D eigenvalue weighted by atomic mass is 16.2. The van der Waals surface area contributed by atoms with E-state index in [1.807, 2.05) is 31.2 Å². The molecule has 1 aromatic heterocycles. The lowest BCUT2D eigenvalue weighted by Gasteiger charge is -2.15. The highest BCUT2D eigenvalue weighted by Gasteiger charge is 2.18. The smallest absolute Gasteiger partial charge is 0.267 e. The fraction of sp³-hybridized carbons (Fsp3) is 0.182. The van der Waals surface area contributed by atoms with Gasteiger partial charge in [-0.2, -0.15) is 5.10 Å². The number of amides is 1. The number of anilines is 1. The van der Waals surface area contributed by atoms with Crippen molar-refractivity contribution < 1.29 is 9.59 Å². The molecule has 6 nitrogen and oxygen atoms in total. The van der Waals surface area contributed by atoms with Crippen LogP contribution in [0.3, 0.4) is 0 Å². The molecule has 0 unspecified atom stereocenters. The number of nitrogens with one attached hydrogen (secondary N) is 1. The minimum atomic E-state index is -0.801. The molecule has 1 amide bonds. The van der Waals surface area contributed by atoms with Crippen LogP contribution in [0.2, 0.25) is 0 Å². The summed E-state index contributed by atoms with van der Waals surface area (Å²) in [4.78, 5) is 36.2. The van der Waals surface area contributed by atoms with E-state index in [1.165, 1.54) is 17.7 Å². The Labute approximate surface area is 162 Å². The molecule has 6 heteroatoms. The Morgan fingerprint density at radius 2 is 1.61 bits per heavy atom. The average molecular weight is 375 g/mol. The van der Waals surface area contributed by atoms with E-state index in [1.54, 1.807) is 37.3 Å². The molecule has 0 saturated carbocycles. The maximum absolute atomic E-state index is 12.6. The molecule has 0 fully saturated rings. The summed E-state index contributed by atoms with van der Waals surface area (Å²) in [7, 11) is 0. The molecule has 0 aliphatic rings. The van der Waals surface area contributed by atoms with Gasteiger partial charge in [0.1, 0.15) is 6.04 Å². The number of nitrogens with zero attached hydrogens (tertiary/aromatic N) is 2. The van der Waals surface area contributed by atoms with E-state index in [4.69, 9.17) is 0 Å². The zero-order valence-electron chi connectivity index (χ0n) is 16.0. The van der Waals surface area contributed by atoms with Crippen LogP contribution in [0.5, 0.6) is 0 Å². The van der Waals surface area contributed by atoms with Crippen LogP contribution in [0.15, 0.2) is 65.5 Å². The zero-order chi connectivity index (χ0) is 20.3. The molecule has 1 N–H and O–H groups in total. The van der Waals surface area contributed by atoms with Crippen molar-refractivity contribution in [2.75, 3.05) is 5.32 Å². The minimum absolute atomic E-state index is 0.0464. The Kier molecular flexibility index (Phi) is 5.49. The predicted octanol–water partition coefficient (Wildman–Crippen LogP) is 3.62. The molecule has 28 heavy (non-hydrogen) atoms. The second-order valence-electron chi connectivity index (χ2n) is 6.67. The van der Waals surface area contributed by atoms with E-state index in [9.17, 15) is 14.4 Å². The average Bonchev–Trinajstić information content (AvgIpc) is 2.69.